The van der Waals surface area contributed by atoms with Gasteiger partial charge in [-0.15, -0.1) is 11.3 Å². The van der Waals surface area contributed by atoms with E-state index in [-0.39, 0.29) is 18.3 Å². The number of thioether (sulfide) groups is 1. The molecule has 33 heavy (non-hydrogen) atoms. The summed E-state index contributed by atoms with van der Waals surface area (Å²) in [6.45, 7) is 3.55. The van der Waals surface area contributed by atoms with Crippen LogP contribution in [-0.4, -0.2) is 30.3 Å². The van der Waals surface area contributed by atoms with Crippen LogP contribution in [0.25, 0.3) is 0 Å². The Labute approximate surface area is 199 Å². The van der Waals surface area contributed by atoms with Crippen LogP contribution >= 0.6 is 23.1 Å². The molecule has 0 radical (unpaired) electrons. The van der Waals surface area contributed by atoms with Crippen LogP contribution in [0.5, 0.6) is 0 Å². The first-order valence-electron chi connectivity index (χ1n) is 10.1. The van der Waals surface area contributed by atoms with E-state index < -0.39 is 17.9 Å². The summed E-state index contributed by atoms with van der Waals surface area (Å²) in [7, 11) is 0. The molecule has 8 nitrogen and oxygen atoms in total. The van der Waals surface area contributed by atoms with Gasteiger partial charge in [-0.05, 0) is 37.4 Å². The van der Waals surface area contributed by atoms with Crippen molar-refractivity contribution in [1.82, 2.24) is 10.6 Å². The minimum absolute atomic E-state index is 0.109. The van der Waals surface area contributed by atoms with E-state index in [4.69, 9.17) is 4.74 Å². The van der Waals surface area contributed by atoms with Crippen molar-refractivity contribution in [2.45, 2.75) is 19.8 Å². The van der Waals surface area contributed by atoms with Crippen molar-refractivity contribution in [2.24, 2.45) is 0 Å². The fraction of sp³-hybridized carbons (Fsp3) is 0.217. The van der Waals surface area contributed by atoms with Crippen LogP contribution < -0.4 is 16.0 Å². The Kier molecular flexibility index (Phi) is 8.29. The van der Waals surface area contributed by atoms with E-state index in [1.807, 2.05) is 35.7 Å². The lowest BCUT2D eigenvalue weighted by Crippen LogP contribution is -2.33. The van der Waals surface area contributed by atoms with Gasteiger partial charge < -0.3 is 15.4 Å². The topological polar surface area (TPSA) is 120 Å². The highest BCUT2D eigenvalue weighted by Crippen LogP contribution is 2.42. The van der Waals surface area contributed by atoms with E-state index in [2.05, 4.69) is 22.0 Å². The zero-order valence-corrected chi connectivity index (χ0v) is 19.6. The van der Waals surface area contributed by atoms with Gasteiger partial charge >= 0.3 is 6.09 Å². The fourth-order valence-electron chi connectivity index (χ4n) is 3.24. The van der Waals surface area contributed by atoms with E-state index in [9.17, 15) is 19.6 Å². The Morgan fingerprint density at radius 1 is 1.21 bits per heavy atom. The van der Waals surface area contributed by atoms with E-state index in [0.717, 1.165) is 16.6 Å². The lowest BCUT2D eigenvalue weighted by Gasteiger charge is -2.29. The number of rotatable bonds is 7. The summed E-state index contributed by atoms with van der Waals surface area (Å²) in [6, 6.07) is 15.0. The number of para-hydroxylation sites is 1. The normalized spacial score (nSPS) is 15.4. The van der Waals surface area contributed by atoms with Crippen LogP contribution in [0.1, 0.15) is 24.6 Å². The Hall–Kier alpha value is -3.55. The molecular weight excluding hydrogens is 460 g/mol. The van der Waals surface area contributed by atoms with Crippen LogP contribution in [0.4, 0.5) is 10.5 Å². The van der Waals surface area contributed by atoms with Crippen molar-refractivity contribution in [3.63, 3.8) is 0 Å². The first-order chi connectivity index (χ1) is 15.9. The highest BCUT2D eigenvalue weighted by atomic mass is 32.2. The molecule has 0 aliphatic carbocycles. The lowest BCUT2D eigenvalue weighted by molar-refractivity contribution is -0.118. The molecular formula is C23H22N4O4S2. The predicted octanol–water partition coefficient (Wildman–Crippen LogP) is 4.09. The maximum absolute atomic E-state index is 13.2. The molecule has 3 N–H and O–H groups in total. The van der Waals surface area contributed by atoms with Gasteiger partial charge in [0.2, 0.25) is 5.91 Å². The average Bonchev–Trinajstić information content (AvgIpc) is 3.32. The number of amides is 3. The molecule has 0 spiro atoms. The minimum atomic E-state index is -0.818. The number of carbonyl (C=O) groups is 3. The summed E-state index contributed by atoms with van der Waals surface area (Å²) in [5.74, 6) is -1.56. The number of nitrogens with zero attached hydrogens (tertiary/aromatic N) is 1. The molecule has 0 saturated heterocycles. The summed E-state index contributed by atoms with van der Waals surface area (Å²) < 4.78 is 4.71. The number of dihydropyridines is 1. The molecule has 1 aromatic carbocycles. The number of hydrogen-bond donors (Lipinski definition) is 3. The van der Waals surface area contributed by atoms with Crippen molar-refractivity contribution >= 4 is 46.7 Å². The number of imide groups is 1. The quantitative estimate of drug-likeness (QED) is 0.544. The van der Waals surface area contributed by atoms with Gasteiger partial charge in [-0.25, -0.2) is 4.79 Å². The fourth-order valence-corrected chi connectivity index (χ4v) is 4.98. The second-order valence-electron chi connectivity index (χ2n) is 6.84. The third-order valence-electron chi connectivity index (χ3n) is 4.62. The number of allylic oxidation sites excluding steroid dienone is 2. The maximum atomic E-state index is 13.2. The van der Waals surface area contributed by atoms with Gasteiger partial charge in [0.05, 0.1) is 34.9 Å². The first kappa shape index (κ1) is 24.1. The molecule has 3 amide bonds. The number of thiophene rings is 1. The standard InChI is InChI=1S/C23H22N4O4S2/c1-3-31-23(30)27-18(28)13-33-22-16(12-24)20(17-10-7-11-32-17)19(14(2)25-22)21(29)26-15-8-5-4-6-9-15/h4-11,20,25H,3,13H2,1-2H3,(H,26,29)(H,27,28,30). The van der Waals surface area contributed by atoms with Crippen molar-refractivity contribution in [2.75, 3.05) is 17.7 Å². The smallest absolute Gasteiger partial charge is 0.413 e. The highest BCUT2D eigenvalue weighted by molar-refractivity contribution is 8.03. The predicted molar refractivity (Wildman–Crippen MR) is 128 cm³/mol. The van der Waals surface area contributed by atoms with Gasteiger partial charge in [-0.3, -0.25) is 14.9 Å². The zero-order chi connectivity index (χ0) is 23.8. The number of benzene rings is 1. The second-order valence-corrected chi connectivity index (χ2v) is 8.81. The van der Waals surface area contributed by atoms with Crippen LogP contribution in [0.3, 0.4) is 0 Å². The molecule has 3 rings (SSSR count). The van der Waals surface area contributed by atoms with Gasteiger partial charge in [-0.2, -0.15) is 5.26 Å². The first-order valence-corrected chi connectivity index (χ1v) is 11.9. The van der Waals surface area contributed by atoms with Crippen LogP contribution in [0.2, 0.25) is 0 Å². The summed E-state index contributed by atoms with van der Waals surface area (Å²) >= 11 is 2.53. The molecule has 2 aromatic rings. The van der Waals surface area contributed by atoms with E-state index in [1.54, 1.807) is 26.0 Å². The van der Waals surface area contributed by atoms with Gasteiger partial charge in [0.1, 0.15) is 0 Å². The average molecular weight is 483 g/mol. The maximum Gasteiger partial charge on any atom is 0.413 e. The Morgan fingerprint density at radius 2 is 1.97 bits per heavy atom. The molecule has 170 valence electrons. The van der Waals surface area contributed by atoms with Crippen molar-refractivity contribution in [3.8, 4) is 6.07 Å². The molecule has 1 atom stereocenters. The molecule has 0 fully saturated rings. The van der Waals surface area contributed by atoms with E-state index in [1.165, 1.54) is 11.3 Å². The number of ether oxygens (including phenoxy) is 1. The van der Waals surface area contributed by atoms with E-state index >= 15 is 0 Å². The van der Waals surface area contributed by atoms with Gasteiger partial charge in [0.15, 0.2) is 0 Å². The summed E-state index contributed by atoms with van der Waals surface area (Å²) in [4.78, 5) is 37.6. The summed E-state index contributed by atoms with van der Waals surface area (Å²) in [5, 5.41) is 20.5. The Bertz CT molecular complexity index is 1130. The number of carbonyl (C=O) groups excluding carboxylic acids is 3. The number of nitriles is 1. The molecule has 1 aliphatic heterocycles. The third kappa shape index (κ3) is 6.03. The zero-order valence-electron chi connectivity index (χ0n) is 18.0. The number of alkyl carbamates (subject to hydrolysis) is 1. The van der Waals surface area contributed by atoms with Crippen LogP contribution in [0.15, 0.2) is 69.7 Å². The monoisotopic (exact) mass is 482 g/mol. The van der Waals surface area contributed by atoms with Crippen molar-refractivity contribution < 1.29 is 19.1 Å². The summed E-state index contributed by atoms with van der Waals surface area (Å²) in [6.07, 6.45) is -0.818. The molecule has 1 aromatic heterocycles. The molecule has 0 saturated carbocycles. The summed E-state index contributed by atoms with van der Waals surface area (Å²) in [5.41, 5.74) is 1.98. The van der Waals surface area contributed by atoms with Crippen LogP contribution in [0, 0.1) is 11.3 Å². The Balaban J connectivity index is 1.87. The lowest BCUT2D eigenvalue weighted by atomic mass is 9.86. The van der Waals surface area contributed by atoms with Gasteiger partial charge in [0.25, 0.3) is 5.91 Å². The molecule has 10 heteroatoms. The van der Waals surface area contributed by atoms with E-state index in [0.29, 0.717) is 27.6 Å². The number of nitrogens with one attached hydrogen (secondary N) is 3. The molecule has 2 heterocycles. The minimum Gasteiger partial charge on any atom is -0.450 e. The number of hydrogen-bond acceptors (Lipinski definition) is 8. The van der Waals surface area contributed by atoms with Crippen molar-refractivity contribution in [1.29, 1.82) is 5.26 Å². The molecule has 1 unspecified atom stereocenters. The number of anilines is 1. The third-order valence-corrected chi connectivity index (χ3v) is 6.57. The van der Waals surface area contributed by atoms with Crippen LogP contribution in [-0.2, 0) is 14.3 Å². The molecule has 1 aliphatic rings. The molecule has 0 bridgehead atoms. The van der Waals surface area contributed by atoms with Gasteiger partial charge in [-0.1, -0.05) is 36.0 Å². The Morgan fingerprint density at radius 3 is 2.61 bits per heavy atom. The van der Waals surface area contributed by atoms with Crippen molar-refractivity contribution in [3.05, 3.63) is 74.6 Å². The van der Waals surface area contributed by atoms with Gasteiger partial charge in [0, 0.05) is 21.8 Å². The largest absolute Gasteiger partial charge is 0.450 e. The highest BCUT2D eigenvalue weighted by Gasteiger charge is 2.35. The SMILES string of the molecule is CCOC(=O)NC(=O)CSC1=C(C#N)C(c2cccs2)C(C(=O)Nc2ccccc2)=C(C)N1. The second kappa shape index (κ2) is 11.4.